The van der Waals surface area contributed by atoms with Crippen molar-refractivity contribution in [3.8, 4) is 11.8 Å². The van der Waals surface area contributed by atoms with Gasteiger partial charge in [0.2, 0.25) is 5.75 Å². The highest BCUT2D eigenvalue weighted by atomic mass is 16.5. The number of anilines is 1. The van der Waals surface area contributed by atoms with Gasteiger partial charge in [0, 0.05) is 31.6 Å². The van der Waals surface area contributed by atoms with Gasteiger partial charge in [0.05, 0.1) is 24.0 Å². The largest absolute Gasteiger partial charge is 0.501 e. The molecule has 3 heterocycles. The molecule has 2 atom stereocenters. The number of rotatable bonds is 8. The van der Waals surface area contributed by atoms with Crippen molar-refractivity contribution in [1.82, 2.24) is 24.5 Å². The van der Waals surface area contributed by atoms with Gasteiger partial charge < -0.3 is 14.9 Å². The number of hydrogen-bond donors (Lipinski definition) is 2. The zero-order valence-corrected chi connectivity index (χ0v) is 20.3. The van der Waals surface area contributed by atoms with Gasteiger partial charge in [0.15, 0.2) is 5.69 Å². The van der Waals surface area contributed by atoms with E-state index in [1.165, 1.54) is 36.9 Å². The second-order valence-corrected chi connectivity index (χ2v) is 9.30. The van der Waals surface area contributed by atoms with Gasteiger partial charge in [-0.2, -0.15) is 10.4 Å². The molecule has 1 aliphatic rings. The van der Waals surface area contributed by atoms with Crippen molar-refractivity contribution in [2.75, 3.05) is 5.32 Å². The van der Waals surface area contributed by atoms with Gasteiger partial charge in [-0.05, 0) is 36.0 Å². The molecule has 1 aromatic carbocycles. The first-order valence-corrected chi connectivity index (χ1v) is 11.9. The quantitative estimate of drug-likeness (QED) is 0.375. The lowest BCUT2D eigenvalue weighted by molar-refractivity contribution is 0.101. The number of carbonyl (C=O) groups is 1. The Morgan fingerprint density at radius 1 is 1.32 bits per heavy atom. The number of nitrogens with zero attached hydrogens (tertiary/aromatic N) is 6. The summed E-state index contributed by atoms with van der Waals surface area (Å²) >= 11 is 0. The number of carbonyl (C=O) groups excluding carboxylic acids is 1. The molecule has 11 nitrogen and oxygen atoms in total. The lowest BCUT2D eigenvalue weighted by Gasteiger charge is -2.26. The van der Waals surface area contributed by atoms with E-state index in [0.29, 0.717) is 11.5 Å². The van der Waals surface area contributed by atoms with Crippen LogP contribution in [0.15, 0.2) is 58.4 Å². The van der Waals surface area contributed by atoms with Crippen LogP contribution in [0.2, 0.25) is 0 Å². The third kappa shape index (κ3) is 4.73. The van der Waals surface area contributed by atoms with Crippen molar-refractivity contribution in [2.45, 2.75) is 38.1 Å². The summed E-state index contributed by atoms with van der Waals surface area (Å²) in [4.78, 5) is 30.3. The van der Waals surface area contributed by atoms with E-state index in [2.05, 4.69) is 26.6 Å². The number of aromatic nitrogens is 5. The molecule has 0 saturated heterocycles. The number of amides is 1. The summed E-state index contributed by atoms with van der Waals surface area (Å²) in [5, 5.41) is 30.9. The monoisotopic (exact) mass is 499 g/mol. The molecule has 0 radical (unpaired) electrons. The van der Waals surface area contributed by atoms with Gasteiger partial charge in [0.25, 0.3) is 11.5 Å². The van der Waals surface area contributed by atoms with E-state index in [9.17, 15) is 20.0 Å². The summed E-state index contributed by atoms with van der Waals surface area (Å²) in [5.74, 6) is -1.53. The van der Waals surface area contributed by atoms with Crippen LogP contribution in [0.1, 0.15) is 64.6 Å². The molecule has 37 heavy (non-hydrogen) atoms. The molecule has 1 amide bonds. The smallest absolute Gasteiger partial charge is 0.296 e. The van der Waals surface area contributed by atoms with Gasteiger partial charge >= 0.3 is 0 Å². The summed E-state index contributed by atoms with van der Waals surface area (Å²) in [5.41, 5.74) is 1.18. The van der Waals surface area contributed by atoms with Crippen LogP contribution in [0.3, 0.4) is 0 Å². The highest BCUT2D eigenvalue weighted by molar-refractivity contribution is 6.04. The minimum absolute atomic E-state index is 0.255. The average molecular weight is 500 g/mol. The second kappa shape index (κ2) is 9.73. The fraction of sp³-hybridized carbons (Fsp3) is 0.308. The van der Waals surface area contributed by atoms with Gasteiger partial charge in [-0.25, -0.2) is 4.98 Å². The van der Waals surface area contributed by atoms with E-state index in [1.54, 1.807) is 18.3 Å². The van der Waals surface area contributed by atoms with Crippen LogP contribution in [-0.4, -0.2) is 35.5 Å². The van der Waals surface area contributed by atoms with Crippen molar-refractivity contribution < 1.29 is 14.4 Å². The summed E-state index contributed by atoms with van der Waals surface area (Å²) in [6, 6.07) is 9.51. The Kier molecular flexibility index (Phi) is 6.31. The Morgan fingerprint density at radius 2 is 2.11 bits per heavy atom. The normalized spacial score (nSPS) is 14.6. The third-order valence-corrected chi connectivity index (χ3v) is 6.68. The maximum atomic E-state index is 13.0. The van der Waals surface area contributed by atoms with E-state index in [-0.39, 0.29) is 11.5 Å². The minimum atomic E-state index is -0.780. The Labute approximate surface area is 212 Å². The summed E-state index contributed by atoms with van der Waals surface area (Å²) in [6.07, 6.45) is 8.61. The number of hydrogen-bond acceptors (Lipinski definition) is 8. The summed E-state index contributed by atoms with van der Waals surface area (Å²) in [7, 11) is 1.49. The van der Waals surface area contributed by atoms with Crippen LogP contribution in [0, 0.1) is 17.2 Å². The van der Waals surface area contributed by atoms with Gasteiger partial charge in [-0.15, -0.1) is 0 Å². The van der Waals surface area contributed by atoms with Gasteiger partial charge in [-0.3, -0.25) is 18.8 Å². The van der Waals surface area contributed by atoms with Crippen LogP contribution >= 0.6 is 0 Å². The molecule has 188 valence electrons. The molecule has 2 N–H and O–H groups in total. The zero-order chi connectivity index (χ0) is 26.1. The molecule has 5 rings (SSSR count). The maximum absolute atomic E-state index is 13.0. The number of nitriles is 1. The first-order valence-electron chi connectivity index (χ1n) is 11.9. The third-order valence-electron chi connectivity index (χ3n) is 6.68. The highest BCUT2D eigenvalue weighted by Gasteiger charge is 2.32. The lowest BCUT2D eigenvalue weighted by atomic mass is 9.80. The number of nitrogens with one attached hydrogen (secondary N) is 1. The predicted octanol–water partition coefficient (Wildman–Crippen LogP) is 3.14. The van der Waals surface area contributed by atoms with Crippen molar-refractivity contribution in [3.63, 3.8) is 0 Å². The number of aromatic hydroxyl groups is 1. The molecule has 0 spiro atoms. The Balaban J connectivity index is 1.60. The molecule has 0 aliphatic heterocycles. The van der Waals surface area contributed by atoms with E-state index in [0.717, 1.165) is 17.7 Å². The molecule has 0 bridgehead atoms. The fourth-order valence-corrected chi connectivity index (χ4v) is 4.59. The molecular weight excluding hydrogens is 474 g/mol. The SMILES string of the molecule is CC(c1nc(C(=O)Nc2cnoc2)c(O)c(=O)n1C)C(c1cnn(CC2CC2)c1)c1ccccc1C#N. The maximum Gasteiger partial charge on any atom is 0.296 e. The van der Waals surface area contributed by atoms with Crippen LogP contribution in [0.4, 0.5) is 5.69 Å². The van der Waals surface area contributed by atoms with Gasteiger partial charge in [-0.1, -0.05) is 30.3 Å². The number of benzene rings is 1. The molecule has 1 aliphatic carbocycles. The topological polar surface area (TPSA) is 152 Å². The predicted molar refractivity (Wildman–Crippen MR) is 132 cm³/mol. The van der Waals surface area contributed by atoms with Gasteiger partial charge in [0.1, 0.15) is 17.8 Å². The van der Waals surface area contributed by atoms with Crippen molar-refractivity contribution in [1.29, 1.82) is 5.26 Å². The molecule has 4 aromatic rings. The Bertz CT molecular complexity index is 1540. The van der Waals surface area contributed by atoms with E-state index in [4.69, 9.17) is 4.52 Å². The van der Waals surface area contributed by atoms with Crippen molar-refractivity contribution >= 4 is 11.6 Å². The molecule has 1 fully saturated rings. The van der Waals surface area contributed by atoms with E-state index >= 15 is 0 Å². The fourth-order valence-electron chi connectivity index (χ4n) is 4.59. The first kappa shape index (κ1) is 24.0. The molecule has 11 heteroatoms. The second-order valence-electron chi connectivity index (χ2n) is 9.30. The van der Waals surface area contributed by atoms with Crippen LogP contribution in [-0.2, 0) is 13.6 Å². The van der Waals surface area contributed by atoms with Crippen LogP contribution < -0.4 is 10.9 Å². The Morgan fingerprint density at radius 3 is 2.81 bits per heavy atom. The van der Waals surface area contributed by atoms with Crippen LogP contribution in [0.5, 0.6) is 5.75 Å². The molecular formula is C26H25N7O4. The highest BCUT2D eigenvalue weighted by Crippen LogP contribution is 2.39. The standard InChI is InChI=1S/C26H25N7O4/c1-15(24-31-22(23(34)26(36)32(24)2)25(35)30-19-11-29-37-14-19)21(20-6-4-3-5-17(20)9-27)18-10-28-33(13-18)12-16-7-8-16/h3-6,10-11,13-16,21,34H,7-8,12H2,1-2H3,(H,30,35). The minimum Gasteiger partial charge on any atom is -0.501 e. The summed E-state index contributed by atoms with van der Waals surface area (Å²) < 4.78 is 7.85. The molecule has 3 aromatic heterocycles. The van der Waals surface area contributed by atoms with Crippen molar-refractivity contribution in [3.05, 3.63) is 87.7 Å². The zero-order valence-electron chi connectivity index (χ0n) is 20.3. The Hall–Kier alpha value is -4.72. The van der Waals surface area contributed by atoms with Crippen molar-refractivity contribution in [2.24, 2.45) is 13.0 Å². The lowest BCUT2D eigenvalue weighted by Crippen LogP contribution is -2.29. The average Bonchev–Trinajstić information content (AvgIpc) is 3.34. The van der Waals surface area contributed by atoms with E-state index in [1.807, 2.05) is 29.9 Å². The first-order chi connectivity index (χ1) is 17.9. The molecule has 2 unspecified atom stereocenters. The molecule has 1 saturated carbocycles. The van der Waals surface area contributed by atoms with E-state index < -0.39 is 34.7 Å². The summed E-state index contributed by atoms with van der Waals surface area (Å²) in [6.45, 7) is 2.70. The van der Waals surface area contributed by atoms with Crippen LogP contribution in [0.25, 0.3) is 0 Å².